The third-order valence-electron chi connectivity index (χ3n) is 3.52. The third kappa shape index (κ3) is 3.46. The lowest BCUT2D eigenvalue weighted by molar-refractivity contribution is -0.153. The fraction of sp³-hybridized carbons (Fsp3) is 0.917. The van der Waals surface area contributed by atoms with Gasteiger partial charge in [0.1, 0.15) is 6.10 Å². The first-order valence-corrected chi connectivity index (χ1v) is 5.96. The summed E-state index contributed by atoms with van der Waals surface area (Å²) in [6, 6.07) is 0.438. The Hall–Kier alpha value is -0.610. The Balaban J connectivity index is 2.47. The van der Waals surface area contributed by atoms with Crippen LogP contribution >= 0.6 is 0 Å². The van der Waals surface area contributed by atoms with Crippen molar-refractivity contribution < 1.29 is 14.3 Å². The van der Waals surface area contributed by atoms with Crippen LogP contribution in [0.2, 0.25) is 0 Å². The highest BCUT2D eigenvalue weighted by Gasteiger charge is 2.33. The SMILES string of the molecule is COCCN1CCC(OC(C)=O)C(C)C1C. The van der Waals surface area contributed by atoms with Crippen molar-refractivity contribution in [1.82, 2.24) is 4.90 Å². The molecular formula is C12H23NO3. The molecule has 3 unspecified atom stereocenters. The molecule has 0 aliphatic carbocycles. The van der Waals surface area contributed by atoms with Gasteiger partial charge in [0.05, 0.1) is 6.61 Å². The van der Waals surface area contributed by atoms with Crippen LogP contribution in [-0.4, -0.2) is 49.8 Å². The number of ether oxygens (including phenoxy) is 2. The third-order valence-corrected chi connectivity index (χ3v) is 3.52. The number of rotatable bonds is 4. The summed E-state index contributed by atoms with van der Waals surface area (Å²) < 4.78 is 10.4. The van der Waals surface area contributed by atoms with Gasteiger partial charge in [-0.25, -0.2) is 0 Å². The number of likely N-dealkylation sites (tertiary alicyclic amines) is 1. The maximum absolute atomic E-state index is 11.0. The van der Waals surface area contributed by atoms with Crippen molar-refractivity contribution in [3.05, 3.63) is 0 Å². The molecule has 1 aliphatic rings. The van der Waals surface area contributed by atoms with Crippen molar-refractivity contribution in [3.8, 4) is 0 Å². The quantitative estimate of drug-likeness (QED) is 0.681. The number of esters is 1. The van der Waals surface area contributed by atoms with Gasteiger partial charge in [0.25, 0.3) is 0 Å². The van der Waals surface area contributed by atoms with Crippen LogP contribution in [0.4, 0.5) is 0 Å². The smallest absolute Gasteiger partial charge is 0.302 e. The maximum atomic E-state index is 11.0. The topological polar surface area (TPSA) is 38.8 Å². The number of carbonyl (C=O) groups excluding carboxylic acids is 1. The number of hydrogen-bond acceptors (Lipinski definition) is 4. The standard InChI is InChI=1S/C12H23NO3/c1-9-10(2)13(7-8-15-4)6-5-12(9)16-11(3)14/h9-10,12H,5-8H2,1-4H3. The minimum Gasteiger partial charge on any atom is -0.462 e. The van der Waals surface area contributed by atoms with Crippen LogP contribution in [0.1, 0.15) is 27.2 Å². The summed E-state index contributed by atoms with van der Waals surface area (Å²) in [6.45, 7) is 8.51. The molecule has 16 heavy (non-hydrogen) atoms. The fourth-order valence-corrected chi connectivity index (χ4v) is 2.31. The summed E-state index contributed by atoms with van der Waals surface area (Å²) in [5.74, 6) is 0.212. The van der Waals surface area contributed by atoms with E-state index in [2.05, 4.69) is 18.7 Å². The summed E-state index contributed by atoms with van der Waals surface area (Å²) in [5, 5.41) is 0. The molecule has 0 N–H and O–H groups in total. The van der Waals surface area contributed by atoms with Crippen molar-refractivity contribution in [1.29, 1.82) is 0 Å². The van der Waals surface area contributed by atoms with Crippen LogP contribution in [0.15, 0.2) is 0 Å². The predicted octanol–water partition coefficient (Wildman–Crippen LogP) is 1.29. The van der Waals surface area contributed by atoms with Crippen molar-refractivity contribution in [2.45, 2.75) is 39.3 Å². The van der Waals surface area contributed by atoms with E-state index in [-0.39, 0.29) is 12.1 Å². The molecule has 1 saturated heterocycles. The normalized spacial score (nSPS) is 31.4. The van der Waals surface area contributed by atoms with Gasteiger partial charge in [-0.1, -0.05) is 6.92 Å². The molecule has 1 aliphatic heterocycles. The van der Waals surface area contributed by atoms with E-state index in [0.717, 1.165) is 26.1 Å². The molecule has 1 heterocycles. The van der Waals surface area contributed by atoms with Gasteiger partial charge in [-0.15, -0.1) is 0 Å². The van der Waals surface area contributed by atoms with E-state index in [1.165, 1.54) is 6.92 Å². The van der Waals surface area contributed by atoms with Gasteiger partial charge in [-0.05, 0) is 13.3 Å². The first-order chi connectivity index (χ1) is 7.56. The Labute approximate surface area is 97.9 Å². The molecule has 0 spiro atoms. The summed E-state index contributed by atoms with van der Waals surface area (Å²) in [7, 11) is 1.72. The molecular weight excluding hydrogens is 206 g/mol. The van der Waals surface area contributed by atoms with Crippen LogP contribution < -0.4 is 0 Å². The van der Waals surface area contributed by atoms with Crippen molar-refractivity contribution in [2.75, 3.05) is 26.8 Å². The Morgan fingerprint density at radius 1 is 1.44 bits per heavy atom. The molecule has 4 heteroatoms. The molecule has 1 fully saturated rings. The van der Waals surface area contributed by atoms with Gasteiger partial charge in [0.15, 0.2) is 0 Å². The van der Waals surface area contributed by atoms with Gasteiger partial charge in [-0.3, -0.25) is 9.69 Å². The minimum absolute atomic E-state index is 0.0753. The summed E-state index contributed by atoms with van der Waals surface area (Å²) in [6.07, 6.45) is 1.00. The largest absolute Gasteiger partial charge is 0.462 e. The summed E-state index contributed by atoms with van der Waals surface area (Å²) >= 11 is 0. The average molecular weight is 229 g/mol. The first-order valence-electron chi connectivity index (χ1n) is 5.96. The molecule has 0 saturated carbocycles. The highest BCUT2D eigenvalue weighted by molar-refractivity contribution is 5.66. The molecule has 0 amide bonds. The molecule has 4 nitrogen and oxygen atoms in total. The lowest BCUT2D eigenvalue weighted by Gasteiger charge is -2.41. The Bertz CT molecular complexity index is 232. The zero-order valence-electron chi connectivity index (χ0n) is 10.7. The zero-order chi connectivity index (χ0) is 12.1. The van der Waals surface area contributed by atoms with Gasteiger partial charge < -0.3 is 9.47 Å². The van der Waals surface area contributed by atoms with E-state index in [9.17, 15) is 4.79 Å². The predicted molar refractivity (Wildman–Crippen MR) is 62.2 cm³/mol. The van der Waals surface area contributed by atoms with Gasteiger partial charge >= 0.3 is 5.97 Å². The molecule has 0 aromatic rings. The molecule has 0 aromatic carbocycles. The van der Waals surface area contributed by atoms with E-state index in [1.54, 1.807) is 7.11 Å². The van der Waals surface area contributed by atoms with Crippen molar-refractivity contribution in [3.63, 3.8) is 0 Å². The van der Waals surface area contributed by atoms with E-state index in [1.807, 2.05) is 0 Å². The second-order valence-electron chi connectivity index (χ2n) is 4.57. The molecule has 3 atom stereocenters. The number of hydrogen-bond donors (Lipinski definition) is 0. The minimum atomic E-state index is -0.172. The Kier molecular flexibility index (Phi) is 5.22. The highest BCUT2D eigenvalue weighted by Crippen LogP contribution is 2.25. The lowest BCUT2D eigenvalue weighted by atomic mass is 9.89. The Morgan fingerprint density at radius 3 is 2.69 bits per heavy atom. The van der Waals surface area contributed by atoms with Gasteiger partial charge in [0.2, 0.25) is 0 Å². The average Bonchev–Trinajstić information content (AvgIpc) is 2.23. The van der Waals surface area contributed by atoms with Crippen LogP contribution in [0.5, 0.6) is 0 Å². The highest BCUT2D eigenvalue weighted by atomic mass is 16.5. The van der Waals surface area contributed by atoms with Crippen LogP contribution in [0.3, 0.4) is 0 Å². The second kappa shape index (κ2) is 6.21. The second-order valence-corrected chi connectivity index (χ2v) is 4.57. The van der Waals surface area contributed by atoms with E-state index in [4.69, 9.17) is 9.47 Å². The van der Waals surface area contributed by atoms with E-state index >= 15 is 0 Å². The molecule has 0 bridgehead atoms. The van der Waals surface area contributed by atoms with Crippen LogP contribution in [0, 0.1) is 5.92 Å². The zero-order valence-corrected chi connectivity index (χ0v) is 10.7. The Morgan fingerprint density at radius 2 is 2.12 bits per heavy atom. The first kappa shape index (κ1) is 13.5. The van der Waals surface area contributed by atoms with Gasteiger partial charge in [-0.2, -0.15) is 0 Å². The van der Waals surface area contributed by atoms with E-state index < -0.39 is 0 Å². The van der Waals surface area contributed by atoms with Crippen LogP contribution in [-0.2, 0) is 14.3 Å². The van der Waals surface area contributed by atoms with Gasteiger partial charge in [0, 0.05) is 39.1 Å². The molecule has 0 radical (unpaired) electrons. The molecule has 1 rings (SSSR count). The number of carbonyl (C=O) groups is 1. The van der Waals surface area contributed by atoms with Crippen LogP contribution in [0.25, 0.3) is 0 Å². The number of piperidine rings is 1. The maximum Gasteiger partial charge on any atom is 0.302 e. The number of methoxy groups -OCH3 is 1. The molecule has 0 aromatic heterocycles. The summed E-state index contributed by atoms with van der Waals surface area (Å²) in [4.78, 5) is 13.4. The van der Waals surface area contributed by atoms with E-state index in [0.29, 0.717) is 12.0 Å². The lowest BCUT2D eigenvalue weighted by Crippen LogP contribution is -2.50. The van der Waals surface area contributed by atoms with Crippen molar-refractivity contribution >= 4 is 5.97 Å². The monoisotopic (exact) mass is 229 g/mol. The number of nitrogens with zero attached hydrogens (tertiary/aromatic N) is 1. The summed E-state index contributed by atoms with van der Waals surface area (Å²) in [5.41, 5.74) is 0. The fourth-order valence-electron chi connectivity index (χ4n) is 2.31. The molecule has 94 valence electrons. The van der Waals surface area contributed by atoms with Crippen molar-refractivity contribution in [2.24, 2.45) is 5.92 Å².